The number of carbonyl (C=O) groups is 2. The average molecular weight is 570 g/mol. The van der Waals surface area contributed by atoms with E-state index >= 15 is 8.42 Å². The minimum atomic E-state index is -4.29. The van der Waals surface area contributed by atoms with Crippen LogP contribution in [0, 0.1) is 0 Å². The van der Waals surface area contributed by atoms with Crippen LogP contribution < -0.4 is 24.3 Å². The third kappa shape index (κ3) is 4.58. The molecule has 41 heavy (non-hydrogen) atoms. The molecule has 2 aliphatic rings. The monoisotopic (exact) mass is 569 g/mol. The molecule has 2 aliphatic heterocycles. The highest BCUT2D eigenvalue weighted by atomic mass is 32.2. The second kappa shape index (κ2) is 10.7. The molecular formula is C30H29N6O4S+. The van der Waals surface area contributed by atoms with Gasteiger partial charge in [0.1, 0.15) is 17.1 Å². The molecule has 2 fully saturated rings. The van der Waals surface area contributed by atoms with Gasteiger partial charge in [0.2, 0.25) is 0 Å². The van der Waals surface area contributed by atoms with Crippen molar-refractivity contribution in [1.82, 2.24) is 19.5 Å². The Morgan fingerprint density at radius 3 is 2.17 bits per heavy atom. The number of carbonyl (C=O) groups excluding carboxylic acids is 2. The SMILES string of the molecule is O=C1NCCN1c1cccc([N+](Cc2ccccc2)(c2ccccc2N2CCNC2=O)S(=O)(=O)c2cccnc2)c1. The molecule has 0 radical (unpaired) electrons. The highest BCUT2D eigenvalue weighted by molar-refractivity contribution is 7.91. The minimum absolute atomic E-state index is 0.0141. The third-order valence-corrected chi connectivity index (χ3v) is 9.62. The lowest BCUT2D eigenvalue weighted by atomic mass is 10.1. The van der Waals surface area contributed by atoms with E-state index in [-0.39, 0.29) is 23.5 Å². The largest absolute Gasteiger partial charge is 0.338 e. The van der Waals surface area contributed by atoms with E-state index in [1.165, 1.54) is 18.5 Å². The predicted molar refractivity (Wildman–Crippen MR) is 157 cm³/mol. The van der Waals surface area contributed by atoms with Crippen molar-refractivity contribution in [2.24, 2.45) is 0 Å². The van der Waals surface area contributed by atoms with Crippen molar-refractivity contribution in [3.8, 4) is 0 Å². The Kier molecular flexibility index (Phi) is 6.90. The van der Waals surface area contributed by atoms with E-state index in [1.54, 1.807) is 64.4 Å². The second-order valence-corrected chi connectivity index (χ2v) is 11.9. The van der Waals surface area contributed by atoms with Crippen LogP contribution >= 0.6 is 0 Å². The molecule has 0 saturated carbocycles. The van der Waals surface area contributed by atoms with E-state index in [2.05, 4.69) is 15.6 Å². The van der Waals surface area contributed by atoms with E-state index in [1.807, 2.05) is 30.3 Å². The topological polar surface area (TPSA) is 112 Å². The van der Waals surface area contributed by atoms with Crippen molar-refractivity contribution >= 4 is 44.8 Å². The summed E-state index contributed by atoms with van der Waals surface area (Å²) in [6.07, 6.45) is 2.87. The smallest absolute Gasteiger partial charge is 0.336 e. The van der Waals surface area contributed by atoms with E-state index in [4.69, 9.17) is 0 Å². The molecular weight excluding hydrogens is 540 g/mol. The Morgan fingerprint density at radius 2 is 1.49 bits per heavy atom. The highest BCUT2D eigenvalue weighted by Gasteiger charge is 2.51. The van der Waals surface area contributed by atoms with Crippen LogP contribution in [0.15, 0.2) is 108 Å². The van der Waals surface area contributed by atoms with Crippen molar-refractivity contribution < 1.29 is 18.0 Å². The fourth-order valence-corrected chi connectivity index (χ4v) is 7.42. The number of benzene rings is 3. The highest BCUT2D eigenvalue weighted by Crippen LogP contribution is 2.48. The van der Waals surface area contributed by atoms with Gasteiger partial charge in [0, 0.05) is 56.1 Å². The van der Waals surface area contributed by atoms with Crippen LogP contribution in [-0.4, -0.2) is 51.6 Å². The van der Waals surface area contributed by atoms with Gasteiger partial charge in [-0.05, 0) is 24.3 Å². The first kappa shape index (κ1) is 26.5. The maximum Gasteiger partial charge on any atom is 0.338 e. The summed E-state index contributed by atoms with van der Waals surface area (Å²) >= 11 is 0. The zero-order valence-corrected chi connectivity index (χ0v) is 23.0. The van der Waals surface area contributed by atoms with Gasteiger partial charge in [-0.2, -0.15) is 8.42 Å². The number of amides is 4. The molecule has 2 N–H and O–H groups in total. The van der Waals surface area contributed by atoms with Crippen LogP contribution in [-0.2, 0) is 16.6 Å². The number of quaternary nitrogens is 1. The van der Waals surface area contributed by atoms with Crippen LogP contribution in [0.2, 0.25) is 0 Å². The fourth-order valence-electron chi connectivity index (χ4n) is 5.49. The first-order valence-electron chi connectivity index (χ1n) is 13.3. The third-order valence-electron chi connectivity index (χ3n) is 7.42. The molecule has 10 nitrogen and oxygen atoms in total. The summed E-state index contributed by atoms with van der Waals surface area (Å²) in [5, 5.41) is 5.64. The van der Waals surface area contributed by atoms with Gasteiger partial charge < -0.3 is 10.6 Å². The molecule has 4 aromatic rings. The van der Waals surface area contributed by atoms with Gasteiger partial charge >= 0.3 is 22.1 Å². The number of anilines is 2. The molecule has 208 valence electrons. The molecule has 1 unspecified atom stereocenters. The number of aromatic nitrogens is 1. The molecule has 0 aliphatic carbocycles. The van der Waals surface area contributed by atoms with E-state index in [0.29, 0.717) is 48.9 Å². The normalized spacial score (nSPS) is 16.8. The Morgan fingerprint density at radius 1 is 0.780 bits per heavy atom. The molecule has 11 heteroatoms. The van der Waals surface area contributed by atoms with Crippen LogP contribution in [0.5, 0.6) is 0 Å². The molecule has 1 aromatic heterocycles. The number of rotatable bonds is 8. The van der Waals surface area contributed by atoms with Gasteiger partial charge in [-0.1, -0.05) is 48.5 Å². The summed E-state index contributed by atoms with van der Waals surface area (Å²) in [6.45, 7) is 1.80. The molecule has 1 atom stereocenters. The molecule has 3 heterocycles. The number of sulfonamides is 1. The average Bonchev–Trinajstić information content (AvgIpc) is 3.64. The maximum absolute atomic E-state index is 15.1. The summed E-state index contributed by atoms with van der Waals surface area (Å²) in [5.41, 5.74) is 2.65. The van der Waals surface area contributed by atoms with Crippen LogP contribution in [0.25, 0.3) is 0 Å². The number of hydrogen-bond acceptors (Lipinski definition) is 5. The maximum atomic E-state index is 15.1. The Hall–Kier alpha value is -4.74. The minimum Gasteiger partial charge on any atom is -0.336 e. The number of nitrogens with zero attached hydrogens (tertiary/aromatic N) is 4. The Balaban J connectivity index is 1.69. The zero-order valence-electron chi connectivity index (χ0n) is 22.2. The summed E-state index contributed by atoms with van der Waals surface area (Å²) in [7, 11) is -4.29. The molecule has 4 amide bonds. The van der Waals surface area contributed by atoms with Crippen molar-refractivity contribution in [1.29, 1.82) is 0 Å². The van der Waals surface area contributed by atoms with Crippen LogP contribution in [0.3, 0.4) is 0 Å². The van der Waals surface area contributed by atoms with Crippen molar-refractivity contribution in [3.05, 3.63) is 109 Å². The number of para-hydroxylation sites is 2. The van der Waals surface area contributed by atoms with Crippen molar-refractivity contribution in [3.63, 3.8) is 0 Å². The van der Waals surface area contributed by atoms with Crippen LogP contribution in [0.4, 0.5) is 32.3 Å². The number of nitrogens with one attached hydrogen (secondary N) is 2. The standard InChI is InChI=1S/C30H28N6O4S/c37-29-32-16-18-34(29)24-10-6-11-25(20-24)36(22-23-8-2-1-3-9-23,41(39,40)26-12-7-15-31-21-26)28-14-5-4-13-27(28)35-19-17-33-30(35)38/h1-15,20-21H,16-19,22H2,(H-,32,33,37,38)/p+1. The summed E-state index contributed by atoms with van der Waals surface area (Å²) in [4.78, 5) is 32.9. The first-order chi connectivity index (χ1) is 19.9. The van der Waals surface area contributed by atoms with Gasteiger partial charge in [0.05, 0.1) is 11.9 Å². The van der Waals surface area contributed by atoms with Gasteiger partial charge in [0.15, 0.2) is 11.4 Å². The van der Waals surface area contributed by atoms with Gasteiger partial charge in [0.25, 0.3) is 0 Å². The van der Waals surface area contributed by atoms with E-state index in [9.17, 15) is 9.59 Å². The molecule has 3 aromatic carbocycles. The fraction of sp³-hybridized carbons (Fsp3) is 0.167. The summed E-state index contributed by atoms with van der Waals surface area (Å²) in [6, 6.07) is 26.1. The number of pyridine rings is 1. The Bertz CT molecular complexity index is 1700. The summed E-state index contributed by atoms with van der Waals surface area (Å²) < 4.78 is 29.6. The van der Waals surface area contributed by atoms with Crippen molar-refractivity contribution in [2.45, 2.75) is 11.4 Å². The van der Waals surface area contributed by atoms with Gasteiger partial charge in [-0.3, -0.25) is 14.8 Å². The Labute approximate surface area is 238 Å². The predicted octanol–water partition coefficient (Wildman–Crippen LogP) is 4.37. The van der Waals surface area contributed by atoms with E-state index in [0.717, 1.165) is 5.56 Å². The first-order valence-corrected chi connectivity index (χ1v) is 14.7. The van der Waals surface area contributed by atoms with Crippen molar-refractivity contribution in [2.75, 3.05) is 36.0 Å². The molecule has 6 rings (SSSR count). The second-order valence-electron chi connectivity index (χ2n) is 9.82. The molecule has 2 saturated heterocycles. The quantitative estimate of drug-likeness (QED) is 0.306. The lowest BCUT2D eigenvalue weighted by Crippen LogP contribution is -2.50. The van der Waals surface area contributed by atoms with Crippen LogP contribution in [0.1, 0.15) is 5.56 Å². The lowest BCUT2D eigenvalue weighted by molar-refractivity contribution is 0.251. The lowest BCUT2D eigenvalue weighted by Gasteiger charge is -2.38. The van der Waals surface area contributed by atoms with E-state index < -0.39 is 13.9 Å². The van der Waals surface area contributed by atoms with Gasteiger partial charge in [-0.25, -0.2) is 9.59 Å². The zero-order chi connectivity index (χ0) is 28.5. The molecule has 0 spiro atoms. The van der Waals surface area contributed by atoms with Gasteiger partial charge in [-0.15, -0.1) is 3.89 Å². The molecule has 0 bridgehead atoms. The number of urea groups is 2. The summed E-state index contributed by atoms with van der Waals surface area (Å²) in [5.74, 6) is 0. The number of hydrogen-bond donors (Lipinski definition) is 2.